The van der Waals surface area contributed by atoms with E-state index in [0.29, 0.717) is 17.5 Å². The fourth-order valence-corrected chi connectivity index (χ4v) is 1.94. The molecule has 0 bridgehead atoms. The highest BCUT2D eigenvalue weighted by Gasteiger charge is 2.09. The Hall–Kier alpha value is -0.810. The van der Waals surface area contributed by atoms with Crippen molar-refractivity contribution in [2.45, 2.75) is 26.5 Å². The van der Waals surface area contributed by atoms with E-state index in [1.54, 1.807) is 13.2 Å². The third kappa shape index (κ3) is 6.57. The lowest BCUT2D eigenvalue weighted by Crippen LogP contribution is -2.24. The Kier molecular flexibility index (Phi) is 7.92. The first kappa shape index (κ1) is 17.2. The number of nitrogens with one attached hydrogen (secondary N) is 1. The summed E-state index contributed by atoms with van der Waals surface area (Å²) in [6.45, 7) is 6.39. The molecule has 0 aromatic heterocycles. The maximum absolute atomic E-state index is 9.61. The van der Waals surface area contributed by atoms with Crippen LogP contribution in [0.3, 0.4) is 0 Å². The zero-order valence-corrected chi connectivity index (χ0v) is 13.1. The van der Waals surface area contributed by atoms with Gasteiger partial charge >= 0.3 is 0 Å². The van der Waals surface area contributed by atoms with Crippen LogP contribution in [0.1, 0.15) is 19.4 Å². The number of rotatable bonds is 9. The summed E-state index contributed by atoms with van der Waals surface area (Å²) in [6.07, 6.45) is -0.632. The molecule has 0 aliphatic rings. The number of benzene rings is 1. The van der Waals surface area contributed by atoms with Crippen LogP contribution in [-0.2, 0) is 11.3 Å². The molecule has 1 rings (SSSR count). The minimum atomic E-state index is -0.632. The van der Waals surface area contributed by atoms with E-state index in [-0.39, 0.29) is 13.2 Å². The van der Waals surface area contributed by atoms with Crippen LogP contribution in [0.5, 0.6) is 5.75 Å². The average molecular weight is 302 g/mol. The topological polar surface area (TPSA) is 50.7 Å². The summed E-state index contributed by atoms with van der Waals surface area (Å²) in [5.74, 6) is 1.32. The zero-order valence-electron chi connectivity index (χ0n) is 12.4. The Labute approximate surface area is 126 Å². The van der Waals surface area contributed by atoms with Gasteiger partial charge in [0.15, 0.2) is 0 Å². The second kappa shape index (κ2) is 9.19. The number of methoxy groups -OCH3 is 1. The monoisotopic (exact) mass is 301 g/mol. The normalized spacial score (nSPS) is 12.7. The van der Waals surface area contributed by atoms with E-state index >= 15 is 0 Å². The second-order valence-electron chi connectivity index (χ2n) is 5.20. The lowest BCUT2D eigenvalue weighted by atomic mass is 10.1. The summed E-state index contributed by atoms with van der Waals surface area (Å²) in [6, 6.07) is 5.49. The van der Waals surface area contributed by atoms with Crippen LogP contribution in [0.4, 0.5) is 0 Å². The van der Waals surface area contributed by atoms with Gasteiger partial charge in [-0.15, -0.1) is 0 Å². The standard InChI is InChI=1S/C15H24ClNO3/c1-11(2)7-17-8-12-6-13(16)4-5-15(12)20-10-14(18)9-19-3/h4-6,11,14,17-18H,7-10H2,1-3H3. The van der Waals surface area contributed by atoms with Gasteiger partial charge in [-0.25, -0.2) is 0 Å². The molecule has 114 valence electrons. The van der Waals surface area contributed by atoms with Crippen LogP contribution in [0.2, 0.25) is 5.02 Å². The van der Waals surface area contributed by atoms with Gasteiger partial charge in [0.25, 0.3) is 0 Å². The van der Waals surface area contributed by atoms with Gasteiger partial charge in [0.05, 0.1) is 6.61 Å². The number of halogens is 1. The molecule has 1 atom stereocenters. The Morgan fingerprint density at radius 3 is 2.70 bits per heavy atom. The number of aliphatic hydroxyl groups is 1. The van der Waals surface area contributed by atoms with Crippen molar-refractivity contribution in [3.8, 4) is 5.75 Å². The Morgan fingerprint density at radius 2 is 2.05 bits per heavy atom. The molecule has 1 unspecified atom stereocenters. The van der Waals surface area contributed by atoms with Crippen LogP contribution in [0, 0.1) is 5.92 Å². The quantitative estimate of drug-likeness (QED) is 0.736. The second-order valence-corrected chi connectivity index (χ2v) is 5.63. The van der Waals surface area contributed by atoms with Crippen molar-refractivity contribution in [2.75, 3.05) is 26.9 Å². The molecule has 0 radical (unpaired) electrons. The highest BCUT2D eigenvalue weighted by Crippen LogP contribution is 2.23. The molecule has 0 saturated heterocycles. The number of hydrogen-bond acceptors (Lipinski definition) is 4. The first-order valence-electron chi connectivity index (χ1n) is 6.82. The highest BCUT2D eigenvalue weighted by molar-refractivity contribution is 6.30. The SMILES string of the molecule is COCC(O)COc1ccc(Cl)cc1CNCC(C)C. The van der Waals surface area contributed by atoms with Crippen molar-refractivity contribution in [2.24, 2.45) is 5.92 Å². The molecule has 2 N–H and O–H groups in total. The van der Waals surface area contributed by atoms with Crippen molar-refractivity contribution < 1.29 is 14.6 Å². The first-order chi connectivity index (χ1) is 9.52. The molecule has 5 heteroatoms. The number of hydrogen-bond donors (Lipinski definition) is 2. The Morgan fingerprint density at radius 1 is 1.30 bits per heavy atom. The molecule has 0 spiro atoms. The number of ether oxygens (including phenoxy) is 2. The largest absolute Gasteiger partial charge is 0.490 e. The van der Waals surface area contributed by atoms with Crippen molar-refractivity contribution in [1.29, 1.82) is 0 Å². The van der Waals surface area contributed by atoms with Crippen LogP contribution in [0.15, 0.2) is 18.2 Å². The zero-order chi connectivity index (χ0) is 15.0. The Balaban J connectivity index is 2.59. The summed E-state index contributed by atoms with van der Waals surface area (Å²) < 4.78 is 10.5. The highest BCUT2D eigenvalue weighted by atomic mass is 35.5. The average Bonchev–Trinajstić information content (AvgIpc) is 2.37. The number of aliphatic hydroxyl groups excluding tert-OH is 1. The third-order valence-electron chi connectivity index (χ3n) is 2.68. The predicted molar refractivity (Wildman–Crippen MR) is 81.4 cm³/mol. The summed E-state index contributed by atoms with van der Waals surface area (Å²) >= 11 is 6.02. The van der Waals surface area contributed by atoms with Gasteiger partial charge in [-0.3, -0.25) is 0 Å². The molecule has 0 saturated carbocycles. The molecular formula is C15H24ClNO3. The van der Waals surface area contributed by atoms with E-state index < -0.39 is 6.10 Å². The molecule has 0 amide bonds. The first-order valence-corrected chi connectivity index (χ1v) is 7.19. The molecule has 1 aromatic carbocycles. The molecule has 0 fully saturated rings. The fourth-order valence-electron chi connectivity index (χ4n) is 1.75. The molecule has 0 heterocycles. The molecule has 4 nitrogen and oxygen atoms in total. The maximum atomic E-state index is 9.61. The van der Waals surface area contributed by atoms with Gasteiger partial charge in [-0.1, -0.05) is 25.4 Å². The van der Waals surface area contributed by atoms with E-state index in [9.17, 15) is 5.11 Å². The maximum Gasteiger partial charge on any atom is 0.124 e. The summed E-state index contributed by atoms with van der Waals surface area (Å²) in [4.78, 5) is 0. The molecule has 20 heavy (non-hydrogen) atoms. The van der Waals surface area contributed by atoms with Crippen LogP contribution >= 0.6 is 11.6 Å². The van der Waals surface area contributed by atoms with Crippen molar-refractivity contribution in [3.63, 3.8) is 0 Å². The van der Waals surface area contributed by atoms with E-state index in [0.717, 1.165) is 17.9 Å². The predicted octanol–water partition coefficient (Wildman–Crippen LogP) is 2.47. The minimum Gasteiger partial charge on any atom is -0.490 e. The van der Waals surface area contributed by atoms with E-state index in [2.05, 4.69) is 19.2 Å². The van der Waals surface area contributed by atoms with Crippen molar-refractivity contribution in [1.82, 2.24) is 5.32 Å². The van der Waals surface area contributed by atoms with Gasteiger partial charge in [0, 0.05) is 24.2 Å². The van der Waals surface area contributed by atoms with Crippen LogP contribution in [-0.4, -0.2) is 38.1 Å². The van der Waals surface area contributed by atoms with Crippen molar-refractivity contribution >= 4 is 11.6 Å². The minimum absolute atomic E-state index is 0.201. The summed E-state index contributed by atoms with van der Waals surface area (Å²) in [7, 11) is 1.55. The van der Waals surface area contributed by atoms with E-state index in [1.165, 1.54) is 0 Å². The van der Waals surface area contributed by atoms with Gasteiger partial charge < -0.3 is 19.9 Å². The van der Waals surface area contributed by atoms with Gasteiger partial charge in [0.2, 0.25) is 0 Å². The molecular weight excluding hydrogens is 278 g/mol. The molecule has 0 aliphatic carbocycles. The smallest absolute Gasteiger partial charge is 0.124 e. The Bertz CT molecular complexity index is 399. The summed E-state index contributed by atoms with van der Waals surface area (Å²) in [5, 5.41) is 13.6. The molecule has 1 aromatic rings. The van der Waals surface area contributed by atoms with E-state index in [4.69, 9.17) is 21.1 Å². The molecule has 0 aliphatic heterocycles. The van der Waals surface area contributed by atoms with Gasteiger partial charge in [0.1, 0.15) is 18.5 Å². The third-order valence-corrected chi connectivity index (χ3v) is 2.92. The lowest BCUT2D eigenvalue weighted by molar-refractivity contribution is 0.0323. The lowest BCUT2D eigenvalue weighted by Gasteiger charge is -2.15. The van der Waals surface area contributed by atoms with Crippen LogP contribution < -0.4 is 10.1 Å². The van der Waals surface area contributed by atoms with Crippen molar-refractivity contribution in [3.05, 3.63) is 28.8 Å². The van der Waals surface area contributed by atoms with E-state index in [1.807, 2.05) is 12.1 Å². The van der Waals surface area contributed by atoms with Crippen LogP contribution in [0.25, 0.3) is 0 Å². The fraction of sp³-hybridized carbons (Fsp3) is 0.600. The van der Waals surface area contributed by atoms with Gasteiger partial charge in [-0.2, -0.15) is 0 Å². The van der Waals surface area contributed by atoms with Gasteiger partial charge in [-0.05, 0) is 30.7 Å². The summed E-state index contributed by atoms with van der Waals surface area (Å²) in [5.41, 5.74) is 0.989.